The van der Waals surface area contributed by atoms with Crippen LogP contribution in [0.3, 0.4) is 0 Å². The standard InChI is InChI=1S/C33H30N2S/c1-20(2)14-27-16-23(7-6-21(27)3)25-9-12-30-32(18-25)36-33-19-26(10-13-31(33)35(30)5)24-8-11-29-28(17-24)15-22(4)34-29/h6-19,34H,1-5H3. The van der Waals surface area contributed by atoms with Crippen LogP contribution in [0.2, 0.25) is 0 Å². The molecule has 1 N–H and O–H groups in total. The van der Waals surface area contributed by atoms with Gasteiger partial charge < -0.3 is 9.88 Å². The lowest BCUT2D eigenvalue weighted by atomic mass is 9.98. The lowest BCUT2D eigenvalue weighted by Gasteiger charge is -2.30. The van der Waals surface area contributed by atoms with Gasteiger partial charge in [-0.1, -0.05) is 53.7 Å². The number of fused-ring (bicyclic) bond motifs is 3. The number of nitrogens with one attached hydrogen (secondary N) is 1. The third kappa shape index (κ3) is 4.04. The van der Waals surface area contributed by atoms with E-state index in [0.29, 0.717) is 0 Å². The number of benzene rings is 4. The van der Waals surface area contributed by atoms with Crippen molar-refractivity contribution in [1.29, 1.82) is 0 Å². The van der Waals surface area contributed by atoms with Gasteiger partial charge in [0.2, 0.25) is 0 Å². The van der Waals surface area contributed by atoms with Crippen molar-refractivity contribution in [3.63, 3.8) is 0 Å². The van der Waals surface area contributed by atoms with Gasteiger partial charge in [0.25, 0.3) is 0 Å². The third-order valence-electron chi connectivity index (χ3n) is 7.01. The summed E-state index contributed by atoms with van der Waals surface area (Å²) in [5.74, 6) is 0. The molecular weight excluding hydrogens is 456 g/mol. The van der Waals surface area contributed by atoms with Crippen molar-refractivity contribution >= 4 is 40.1 Å². The number of H-pyrrole nitrogens is 1. The molecule has 178 valence electrons. The zero-order chi connectivity index (χ0) is 25.0. The second-order valence-electron chi connectivity index (χ2n) is 10.1. The second kappa shape index (κ2) is 8.76. The fraction of sp³-hybridized carbons (Fsp3) is 0.152. The molecular formula is C33H30N2S. The van der Waals surface area contributed by atoms with Crippen LogP contribution in [0.25, 0.3) is 39.2 Å². The van der Waals surface area contributed by atoms with Gasteiger partial charge in [0.05, 0.1) is 11.4 Å². The first-order chi connectivity index (χ1) is 17.4. The van der Waals surface area contributed by atoms with Gasteiger partial charge in [0, 0.05) is 33.4 Å². The van der Waals surface area contributed by atoms with Gasteiger partial charge in [-0.2, -0.15) is 0 Å². The molecule has 2 nitrogen and oxygen atoms in total. The summed E-state index contributed by atoms with van der Waals surface area (Å²) in [6.45, 7) is 8.59. The van der Waals surface area contributed by atoms with Crippen molar-refractivity contribution in [2.24, 2.45) is 0 Å². The first kappa shape index (κ1) is 22.8. The number of aromatic nitrogens is 1. The van der Waals surface area contributed by atoms with Crippen LogP contribution >= 0.6 is 11.8 Å². The van der Waals surface area contributed by atoms with Crippen molar-refractivity contribution in [3.8, 4) is 22.3 Å². The topological polar surface area (TPSA) is 19.0 Å². The molecule has 5 aromatic rings. The van der Waals surface area contributed by atoms with Crippen LogP contribution in [-0.2, 0) is 0 Å². The maximum atomic E-state index is 3.42. The number of aromatic amines is 1. The highest BCUT2D eigenvalue weighted by Gasteiger charge is 2.22. The molecule has 0 radical (unpaired) electrons. The van der Waals surface area contributed by atoms with E-state index in [1.807, 2.05) is 11.8 Å². The number of rotatable bonds is 3. The van der Waals surface area contributed by atoms with Crippen LogP contribution in [0.1, 0.15) is 30.7 Å². The predicted molar refractivity (Wildman–Crippen MR) is 157 cm³/mol. The van der Waals surface area contributed by atoms with E-state index < -0.39 is 0 Å². The zero-order valence-electron chi connectivity index (χ0n) is 21.4. The Morgan fingerprint density at radius 3 is 1.97 bits per heavy atom. The quantitative estimate of drug-likeness (QED) is 0.274. The molecule has 0 amide bonds. The maximum absolute atomic E-state index is 3.42. The molecule has 1 aromatic heterocycles. The minimum absolute atomic E-state index is 1.19. The number of allylic oxidation sites excluding steroid dienone is 1. The van der Waals surface area contributed by atoms with Crippen LogP contribution in [0.15, 0.2) is 94.2 Å². The van der Waals surface area contributed by atoms with Crippen molar-refractivity contribution in [2.75, 3.05) is 11.9 Å². The van der Waals surface area contributed by atoms with E-state index >= 15 is 0 Å². The van der Waals surface area contributed by atoms with E-state index in [0.717, 1.165) is 0 Å². The van der Waals surface area contributed by atoms with Crippen LogP contribution in [-0.4, -0.2) is 12.0 Å². The third-order valence-corrected chi connectivity index (χ3v) is 8.10. The molecule has 0 atom stereocenters. The Morgan fingerprint density at radius 2 is 1.31 bits per heavy atom. The zero-order valence-corrected chi connectivity index (χ0v) is 22.3. The fourth-order valence-corrected chi connectivity index (χ4v) is 6.32. The Balaban J connectivity index is 1.37. The summed E-state index contributed by atoms with van der Waals surface area (Å²) in [4.78, 5) is 8.32. The number of nitrogens with zero attached hydrogens (tertiary/aromatic N) is 1. The SMILES string of the molecule is CC(C)=Cc1cc(-c2ccc3c(c2)Sc2cc(-c4ccc5[nH]c(C)cc5c4)ccc2N3C)ccc1C. The van der Waals surface area contributed by atoms with Crippen LogP contribution in [0.5, 0.6) is 0 Å². The predicted octanol–water partition coefficient (Wildman–Crippen LogP) is 9.77. The van der Waals surface area contributed by atoms with E-state index in [9.17, 15) is 0 Å². The molecule has 4 aromatic carbocycles. The summed E-state index contributed by atoms with van der Waals surface area (Å²) < 4.78 is 0. The first-order valence-corrected chi connectivity index (χ1v) is 13.2. The van der Waals surface area contributed by atoms with E-state index in [4.69, 9.17) is 0 Å². The number of aryl methyl sites for hydroxylation is 2. The first-order valence-electron chi connectivity index (χ1n) is 12.4. The van der Waals surface area contributed by atoms with Gasteiger partial charge in [0.15, 0.2) is 0 Å². The molecule has 3 heteroatoms. The Kier molecular flexibility index (Phi) is 5.54. The molecule has 1 aliphatic heterocycles. The van der Waals surface area contributed by atoms with E-state index in [-0.39, 0.29) is 0 Å². The highest BCUT2D eigenvalue weighted by Crippen LogP contribution is 2.49. The molecule has 6 rings (SSSR count). The van der Waals surface area contributed by atoms with Gasteiger partial charge >= 0.3 is 0 Å². The van der Waals surface area contributed by atoms with Gasteiger partial charge in [0.1, 0.15) is 0 Å². The summed E-state index contributed by atoms with van der Waals surface area (Å²) in [7, 11) is 2.17. The Morgan fingerprint density at radius 1 is 0.722 bits per heavy atom. The minimum Gasteiger partial charge on any atom is -0.359 e. The van der Waals surface area contributed by atoms with Gasteiger partial charge in [-0.25, -0.2) is 0 Å². The molecule has 1 aliphatic rings. The highest BCUT2D eigenvalue weighted by molar-refractivity contribution is 7.99. The molecule has 0 unspecified atom stereocenters. The molecule has 0 fully saturated rings. The Hall–Kier alpha value is -3.69. The number of hydrogen-bond acceptors (Lipinski definition) is 2. The molecule has 36 heavy (non-hydrogen) atoms. The number of anilines is 2. The smallest absolute Gasteiger partial charge is 0.0550 e. The average Bonchev–Trinajstić information content (AvgIpc) is 3.24. The molecule has 0 saturated carbocycles. The van der Waals surface area contributed by atoms with Crippen molar-refractivity contribution in [3.05, 3.63) is 101 Å². The fourth-order valence-electron chi connectivity index (χ4n) is 5.10. The lowest BCUT2D eigenvalue weighted by molar-refractivity contribution is 1.11. The Bertz CT molecular complexity index is 1670. The monoisotopic (exact) mass is 486 g/mol. The van der Waals surface area contributed by atoms with E-state index in [1.54, 1.807) is 0 Å². The van der Waals surface area contributed by atoms with Gasteiger partial charge in [-0.15, -0.1) is 0 Å². The lowest BCUT2D eigenvalue weighted by Crippen LogP contribution is -2.14. The van der Waals surface area contributed by atoms with Crippen LogP contribution in [0, 0.1) is 13.8 Å². The van der Waals surface area contributed by atoms with Gasteiger partial charge in [-0.05, 0) is 110 Å². The van der Waals surface area contributed by atoms with Crippen molar-refractivity contribution < 1.29 is 0 Å². The normalized spacial score (nSPS) is 12.4. The van der Waals surface area contributed by atoms with Crippen molar-refractivity contribution in [2.45, 2.75) is 37.5 Å². The van der Waals surface area contributed by atoms with Gasteiger partial charge in [-0.3, -0.25) is 0 Å². The Labute approximate surface area is 217 Å². The van der Waals surface area contributed by atoms with Crippen LogP contribution < -0.4 is 4.90 Å². The molecule has 0 saturated heterocycles. The number of hydrogen-bond donors (Lipinski definition) is 1. The summed E-state index contributed by atoms with van der Waals surface area (Å²) in [5.41, 5.74) is 13.8. The minimum atomic E-state index is 1.19. The summed E-state index contributed by atoms with van der Waals surface area (Å²) in [6.07, 6.45) is 2.27. The summed E-state index contributed by atoms with van der Waals surface area (Å²) in [5, 5.41) is 1.26. The van der Waals surface area contributed by atoms with E-state index in [1.165, 1.54) is 76.7 Å². The largest absolute Gasteiger partial charge is 0.359 e. The molecule has 0 aliphatic carbocycles. The average molecular weight is 487 g/mol. The summed E-state index contributed by atoms with van der Waals surface area (Å²) in [6, 6.07) is 29.4. The van der Waals surface area contributed by atoms with Crippen molar-refractivity contribution in [1.82, 2.24) is 4.98 Å². The second-order valence-corrected chi connectivity index (χ2v) is 11.2. The molecule has 2 heterocycles. The maximum Gasteiger partial charge on any atom is 0.0550 e. The van der Waals surface area contributed by atoms with Crippen LogP contribution in [0.4, 0.5) is 11.4 Å². The molecule has 0 bridgehead atoms. The summed E-state index contributed by atoms with van der Waals surface area (Å²) >= 11 is 1.87. The molecule has 0 spiro atoms. The highest BCUT2D eigenvalue weighted by atomic mass is 32.2. The van der Waals surface area contributed by atoms with E-state index in [2.05, 4.69) is 130 Å².